The van der Waals surface area contributed by atoms with Crippen LogP contribution in [0.25, 0.3) is 0 Å². The van der Waals surface area contributed by atoms with E-state index in [1.165, 1.54) is 6.21 Å². The number of anilines is 2. The summed E-state index contributed by atoms with van der Waals surface area (Å²) in [5.41, 5.74) is 6.00. The van der Waals surface area contributed by atoms with Crippen molar-refractivity contribution in [3.05, 3.63) is 96.1 Å². The maximum absolute atomic E-state index is 12.3. The highest BCUT2D eigenvalue weighted by Crippen LogP contribution is 2.18. The summed E-state index contributed by atoms with van der Waals surface area (Å²) in [6.07, 6.45) is 2.95. The molecule has 0 heterocycles. The molecule has 190 valence electrons. The molecule has 0 saturated carbocycles. The van der Waals surface area contributed by atoms with Crippen LogP contribution in [0.4, 0.5) is 11.4 Å². The van der Waals surface area contributed by atoms with E-state index in [4.69, 9.17) is 9.47 Å². The van der Waals surface area contributed by atoms with E-state index >= 15 is 0 Å². The molecule has 0 saturated heterocycles. The fourth-order valence-corrected chi connectivity index (χ4v) is 3.07. The van der Waals surface area contributed by atoms with Crippen LogP contribution in [0.1, 0.15) is 16.7 Å². The molecule has 0 bridgehead atoms. The van der Waals surface area contributed by atoms with Crippen LogP contribution in [-0.2, 0) is 14.4 Å². The number of amides is 3. The third-order valence-corrected chi connectivity index (χ3v) is 5.12. The molecular weight excluding hydrogens is 472 g/mol. The average Bonchev–Trinajstić information content (AvgIpc) is 2.89. The van der Waals surface area contributed by atoms with Crippen molar-refractivity contribution in [3.63, 3.8) is 0 Å². The summed E-state index contributed by atoms with van der Waals surface area (Å²) in [5, 5.41) is 9.10. The van der Waals surface area contributed by atoms with Crippen LogP contribution in [-0.4, -0.2) is 37.1 Å². The van der Waals surface area contributed by atoms with Crippen molar-refractivity contribution < 1.29 is 23.9 Å². The molecule has 3 amide bonds. The summed E-state index contributed by atoms with van der Waals surface area (Å²) >= 11 is 0. The Kier molecular flexibility index (Phi) is 9.55. The zero-order valence-corrected chi connectivity index (χ0v) is 20.6. The van der Waals surface area contributed by atoms with Crippen molar-refractivity contribution >= 4 is 35.3 Å². The van der Waals surface area contributed by atoms with Crippen molar-refractivity contribution in [2.45, 2.75) is 13.8 Å². The molecule has 3 N–H and O–H groups in total. The van der Waals surface area contributed by atoms with Crippen molar-refractivity contribution in [1.82, 2.24) is 5.43 Å². The van der Waals surface area contributed by atoms with E-state index in [-0.39, 0.29) is 12.5 Å². The van der Waals surface area contributed by atoms with Crippen LogP contribution in [0, 0.1) is 13.8 Å². The smallest absolute Gasteiger partial charge is 0.329 e. The van der Waals surface area contributed by atoms with Gasteiger partial charge in [-0.1, -0.05) is 30.9 Å². The van der Waals surface area contributed by atoms with E-state index < -0.39 is 11.8 Å². The highest BCUT2D eigenvalue weighted by molar-refractivity contribution is 6.39. The van der Waals surface area contributed by atoms with Gasteiger partial charge in [0, 0.05) is 16.9 Å². The Balaban J connectivity index is 1.50. The van der Waals surface area contributed by atoms with Crippen LogP contribution in [0.3, 0.4) is 0 Å². The van der Waals surface area contributed by atoms with Crippen LogP contribution < -0.4 is 25.5 Å². The average molecular weight is 501 g/mol. The largest absolute Gasteiger partial charge is 0.490 e. The van der Waals surface area contributed by atoms with Crippen LogP contribution in [0.15, 0.2) is 84.5 Å². The zero-order chi connectivity index (χ0) is 26.6. The van der Waals surface area contributed by atoms with Crippen molar-refractivity contribution in [1.29, 1.82) is 0 Å². The lowest BCUT2D eigenvalue weighted by Crippen LogP contribution is -2.32. The Hall–Kier alpha value is -4.92. The number of para-hydroxylation sites is 1. The number of benzene rings is 3. The topological polar surface area (TPSA) is 118 Å². The molecule has 0 radical (unpaired) electrons. The highest BCUT2D eigenvalue weighted by atomic mass is 16.5. The lowest BCUT2D eigenvalue weighted by molar-refractivity contribution is -0.136. The molecule has 3 aromatic carbocycles. The predicted octanol–water partition coefficient (Wildman–Crippen LogP) is 3.97. The molecule has 9 heteroatoms. The minimum absolute atomic E-state index is 0.218. The summed E-state index contributed by atoms with van der Waals surface area (Å²) < 4.78 is 11.0. The van der Waals surface area contributed by atoms with E-state index in [0.29, 0.717) is 35.0 Å². The van der Waals surface area contributed by atoms with E-state index in [2.05, 4.69) is 27.7 Å². The first-order valence-electron chi connectivity index (χ1n) is 11.4. The quantitative estimate of drug-likeness (QED) is 0.168. The van der Waals surface area contributed by atoms with E-state index in [1.807, 2.05) is 32.0 Å². The molecule has 0 unspecified atom stereocenters. The molecule has 9 nitrogen and oxygen atoms in total. The standard InChI is InChI=1S/C28H28N4O5/c1-4-15-36-24-13-11-22(12-14-24)31-27(34)28(35)32-29-17-21-7-5-6-8-25(21)37-18-26(33)30-23-10-9-19(2)20(3)16-23/h4-14,16-17H,1,15,18H2,2-3H3,(H,30,33)(H,31,34)(H,32,35)/b29-17-. The molecule has 0 aliphatic heterocycles. The Morgan fingerprint density at radius 2 is 1.59 bits per heavy atom. The second-order valence-electron chi connectivity index (χ2n) is 7.95. The van der Waals surface area contributed by atoms with Crippen molar-refractivity contribution in [2.24, 2.45) is 5.10 Å². The van der Waals surface area contributed by atoms with Gasteiger partial charge in [-0.25, -0.2) is 5.43 Å². The van der Waals surface area contributed by atoms with Gasteiger partial charge >= 0.3 is 11.8 Å². The molecule has 3 rings (SSSR count). The number of rotatable bonds is 10. The number of hydrogen-bond donors (Lipinski definition) is 3. The minimum Gasteiger partial charge on any atom is -0.490 e. The third kappa shape index (κ3) is 8.36. The van der Waals surface area contributed by atoms with E-state index in [1.54, 1.807) is 54.6 Å². The van der Waals surface area contributed by atoms with Gasteiger partial charge in [0.05, 0.1) is 6.21 Å². The zero-order valence-electron chi connectivity index (χ0n) is 20.6. The summed E-state index contributed by atoms with van der Waals surface area (Å²) in [7, 11) is 0. The normalized spacial score (nSPS) is 10.4. The summed E-state index contributed by atoms with van der Waals surface area (Å²) in [5.74, 6) is -1.16. The molecule has 0 aromatic heterocycles. The molecule has 0 atom stereocenters. The number of carbonyl (C=O) groups excluding carboxylic acids is 3. The van der Waals surface area contributed by atoms with Crippen molar-refractivity contribution in [3.8, 4) is 11.5 Å². The molecule has 0 fully saturated rings. The first-order valence-corrected chi connectivity index (χ1v) is 11.4. The second kappa shape index (κ2) is 13.2. The van der Waals surface area contributed by atoms with Gasteiger partial charge in [-0.05, 0) is 73.5 Å². The first kappa shape index (κ1) is 26.7. The van der Waals surface area contributed by atoms with E-state index in [9.17, 15) is 14.4 Å². The number of ether oxygens (including phenoxy) is 2. The Labute approximate surface area is 215 Å². The van der Waals surface area contributed by atoms with Gasteiger partial charge in [-0.2, -0.15) is 5.10 Å². The highest BCUT2D eigenvalue weighted by Gasteiger charge is 2.13. The Morgan fingerprint density at radius 3 is 2.32 bits per heavy atom. The fraction of sp³-hybridized carbons (Fsp3) is 0.143. The third-order valence-electron chi connectivity index (χ3n) is 5.12. The number of nitrogens with zero attached hydrogens (tertiary/aromatic N) is 1. The van der Waals surface area contributed by atoms with E-state index in [0.717, 1.165) is 11.1 Å². The molecule has 37 heavy (non-hydrogen) atoms. The molecular formula is C28H28N4O5. The van der Waals surface area contributed by atoms with Crippen molar-refractivity contribution in [2.75, 3.05) is 23.8 Å². The lowest BCUT2D eigenvalue weighted by atomic mass is 10.1. The molecule has 0 spiro atoms. The summed E-state index contributed by atoms with van der Waals surface area (Å²) in [4.78, 5) is 36.5. The SMILES string of the molecule is C=CCOc1ccc(NC(=O)C(=O)N/N=C\c2ccccc2OCC(=O)Nc2ccc(C)c(C)c2)cc1. The van der Waals surface area contributed by atoms with Gasteiger partial charge in [0.2, 0.25) is 0 Å². The number of hydrazone groups is 1. The minimum atomic E-state index is -0.950. The first-order chi connectivity index (χ1) is 17.9. The molecule has 0 aliphatic carbocycles. The maximum atomic E-state index is 12.3. The van der Waals surface area contributed by atoms with Gasteiger partial charge in [0.25, 0.3) is 5.91 Å². The Bertz CT molecular complexity index is 1300. The lowest BCUT2D eigenvalue weighted by Gasteiger charge is -2.10. The van der Waals surface area contributed by atoms with Gasteiger partial charge < -0.3 is 20.1 Å². The molecule has 3 aromatic rings. The van der Waals surface area contributed by atoms with Crippen LogP contribution in [0.2, 0.25) is 0 Å². The number of hydrogen-bond acceptors (Lipinski definition) is 6. The number of carbonyl (C=O) groups is 3. The van der Waals surface area contributed by atoms with Gasteiger partial charge in [0.15, 0.2) is 6.61 Å². The van der Waals surface area contributed by atoms with Crippen LogP contribution >= 0.6 is 0 Å². The van der Waals surface area contributed by atoms with Crippen LogP contribution in [0.5, 0.6) is 11.5 Å². The second-order valence-corrected chi connectivity index (χ2v) is 7.95. The van der Waals surface area contributed by atoms with Gasteiger partial charge in [-0.15, -0.1) is 0 Å². The number of nitrogens with one attached hydrogen (secondary N) is 3. The molecule has 0 aliphatic rings. The maximum Gasteiger partial charge on any atom is 0.329 e. The monoisotopic (exact) mass is 500 g/mol. The Morgan fingerprint density at radius 1 is 0.865 bits per heavy atom. The van der Waals surface area contributed by atoms with Gasteiger partial charge in [-0.3, -0.25) is 14.4 Å². The summed E-state index contributed by atoms with van der Waals surface area (Å²) in [6, 6.07) is 19.0. The fourth-order valence-electron chi connectivity index (χ4n) is 3.07. The summed E-state index contributed by atoms with van der Waals surface area (Å²) in [6.45, 7) is 7.69. The number of aryl methyl sites for hydroxylation is 2. The predicted molar refractivity (Wildman–Crippen MR) is 143 cm³/mol. The van der Waals surface area contributed by atoms with Gasteiger partial charge in [0.1, 0.15) is 18.1 Å².